The van der Waals surface area contributed by atoms with E-state index < -0.39 is 15.8 Å². The zero-order valence-corrected chi connectivity index (χ0v) is 11.4. The van der Waals surface area contributed by atoms with Gasteiger partial charge in [-0.3, -0.25) is 4.79 Å². The third-order valence-corrected chi connectivity index (χ3v) is 4.32. The van der Waals surface area contributed by atoms with Crippen molar-refractivity contribution < 1.29 is 18.3 Å². The van der Waals surface area contributed by atoms with Crippen LogP contribution in [-0.2, 0) is 14.6 Å². The summed E-state index contributed by atoms with van der Waals surface area (Å²) in [6.45, 7) is 5.62. The van der Waals surface area contributed by atoms with E-state index >= 15 is 0 Å². The molecule has 17 heavy (non-hydrogen) atoms. The lowest BCUT2D eigenvalue weighted by Crippen LogP contribution is -2.28. The van der Waals surface area contributed by atoms with Crippen LogP contribution in [0.2, 0.25) is 0 Å². The number of sulfone groups is 1. The van der Waals surface area contributed by atoms with Crippen molar-refractivity contribution in [2.24, 2.45) is 17.8 Å². The number of nitrogens with zero attached hydrogens (tertiary/aromatic N) is 1. The maximum Gasteiger partial charge on any atom is 0.308 e. The van der Waals surface area contributed by atoms with Crippen molar-refractivity contribution in [2.75, 3.05) is 31.6 Å². The summed E-state index contributed by atoms with van der Waals surface area (Å²) in [5, 5.41) is 9.13. The van der Waals surface area contributed by atoms with Gasteiger partial charge in [0.2, 0.25) is 0 Å². The molecule has 1 aliphatic rings. The molecule has 0 bridgehead atoms. The third-order valence-electron chi connectivity index (χ3n) is 3.39. The zero-order valence-electron chi connectivity index (χ0n) is 10.6. The van der Waals surface area contributed by atoms with E-state index in [0.717, 1.165) is 0 Å². The van der Waals surface area contributed by atoms with Crippen LogP contribution in [0.25, 0.3) is 0 Å². The van der Waals surface area contributed by atoms with Crippen LogP contribution in [0, 0.1) is 17.8 Å². The van der Waals surface area contributed by atoms with Gasteiger partial charge in [-0.25, -0.2) is 8.42 Å². The molecule has 1 aliphatic heterocycles. The molecule has 2 atom stereocenters. The molecule has 0 aromatic rings. The largest absolute Gasteiger partial charge is 0.481 e. The normalized spacial score (nSPS) is 26.6. The second-order valence-electron chi connectivity index (χ2n) is 5.24. The summed E-state index contributed by atoms with van der Waals surface area (Å²) in [5.74, 6) is -0.615. The van der Waals surface area contributed by atoms with E-state index in [4.69, 9.17) is 5.11 Å². The summed E-state index contributed by atoms with van der Waals surface area (Å²) in [6, 6.07) is 0. The first-order chi connectivity index (χ1) is 7.70. The van der Waals surface area contributed by atoms with Crippen LogP contribution in [0.5, 0.6) is 0 Å². The van der Waals surface area contributed by atoms with Gasteiger partial charge in [0, 0.05) is 25.9 Å². The molecule has 1 fully saturated rings. The van der Waals surface area contributed by atoms with Crippen molar-refractivity contribution in [1.82, 2.24) is 4.90 Å². The number of carboxylic acids is 1. The van der Waals surface area contributed by atoms with E-state index in [1.165, 1.54) is 6.26 Å². The van der Waals surface area contributed by atoms with Gasteiger partial charge in [-0.15, -0.1) is 0 Å². The van der Waals surface area contributed by atoms with Crippen LogP contribution in [-0.4, -0.2) is 56.0 Å². The monoisotopic (exact) mass is 263 g/mol. The third kappa shape index (κ3) is 4.27. The van der Waals surface area contributed by atoms with Gasteiger partial charge in [-0.1, -0.05) is 13.8 Å². The highest BCUT2D eigenvalue weighted by Gasteiger charge is 2.38. The Morgan fingerprint density at radius 3 is 2.35 bits per heavy atom. The molecule has 100 valence electrons. The van der Waals surface area contributed by atoms with Crippen molar-refractivity contribution in [2.45, 2.75) is 13.8 Å². The topological polar surface area (TPSA) is 74.7 Å². The molecule has 5 nitrogen and oxygen atoms in total. The lowest BCUT2D eigenvalue weighted by Gasteiger charge is -2.18. The number of carbonyl (C=O) groups is 1. The molecule has 1 saturated heterocycles. The van der Waals surface area contributed by atoms with Crippen LogP contribution in [0.3, 0.4) is 0 Å². The van der Waals surface area contributed by atoms with Crippen molar-refractivity contribution in [1.29, 1.82) is 0 Å². The Morgan fingerprint density at radius 2 is 2.00 bits per heavy atom. The second kappa shape index (κ2) is 5.35. The Hall–Kier alpha value is -0.620. The highest BCUT2D eigenvalue weighted by atomic mass is 32.2. The summed E-state index contributed by atoms with van der Waals surface area (Å²) in [4.78, 5) is 13.1. The number of likely N-dealkylation sites (tertiary alicyclic amines) is 1. The van der Waals surface area contributed by atoms with Crippen LogP contribution in [0.1, 0.15) is 13.8 Å². The fourth-order valence-electron chi connectivity index (χ4n) is 2.33. The number of carboxylic acid groups (broad SMARTS) is 1. The number of hydrogen-bond acceptors (Lipinski definition) is 4. The average Bonchev–Trinajstić information content (AvgIpc) is 2.57. The van der Waals surface area contributed by atoms with Gasteiger partial charge < -0.3 is 10.0 Å². The molecular formula is C11H21NO4S. The van der Waals surface area contributed by atoms with E-state index in [9.17, 15) is 13.2 Å². The van der Waals surface area contributed by atoms with Gasteiger partial charge in [0.15, 0.2) is 0 Å². The van der Waals surface area contributed by atoms with E-state index in [2.05, 4.69) is 0 Å². The summed E-state index contributed by atoms with van der Waals surface area (Å²) >= 11 is 0. The molecule has 1 N–H and O–H groups in total. The minimum atomic E-state index is -2.98. The molecule has 0 saturated carbocycles. The minimum absolute atomic E-state index is 0.101. The molecule has 0 spiro atoms. The van der Waals surface area contributed by atoms with Gasteiger partial charge in [0.1, 0.15) is 9.84 Å². The fourth-order valence-corrected chi connectivity index (χ4v) is 2.92. The van der Waals surface area contributed by atoms with Crippen molar-refractivity contribution >= 4 is 15.8 Å². The van der Waals surface area contributed by atoms with Crippen LogP contribution in [0.4, 0.5) is 0 Å². The van der Waals surface area contributed by atoms with Gasteiger partial charge in [-0.05, 0) is 11.8 Å². The van der Waals surface area contributed by atoms with Gasteiger partial charge >= 0.3 is 5.97 Å². The number of aliphatic carboxylic acids is 1. The summed E-state index contributed by atoms with van der Waals surface area (Å²) in [5.41, 5.74) is 0. The molecule has 0 aromatic carbocycles. The van der Waals surface area contributed by atoms with E-state index in [-0.39, 0.29) is 17.6 Å². The number of hydrogen-bond donors (Lipinski definition) is 1. The molecule has 0 unspecified atom stereocenters. The average molecular weight is 263 g/mol. The lowest BCUT2D eigenvalue weighted by molar-refractivity contribution is -0.143. The molecule has 6 heteroatoms. The molecule has 1 rings (SSSR count). The Morgan fingerprint density at radius 1 is 1.41 bits per heavy atom. The highest BCUT2D eigenvalue weighted by molar-refractivity contribution is 7.90. The van der Waals surface area contributed by atoms with E-state index in [0.29, 0.717) is 25.6 Å². The first-order valence-corrected chi connectivity index (χ1v) is 7.89. The van der Waals surface area contributed by atoms with Gasteiger partial charge in [0.05, 0.1) is 11.7 Å². The van der Waals surface area contributed by atoms with Crippen LogP contribution in [0.15, 0.2) is 0 Å². The molecule has 1 heterocycles. The Bertz CT molecular complexity index is 377. The first kappa shape index (κ1) is 14.4. The molecule has 0 amide bonds. The predicted molar refractivity (Wildman–Crippen MR) is 65.6 cm³/mol. The SMILES string of the molecule is CC(C)[C@@H]1CN(CCS(C)(=O)=O)C[C@H]1C(=O)O. The van der Waals surface area contributed by atoms with Crippen molar-refractivity contribution in [3.63, 3.8) is 0 Å². The quantitative estimate of drug-likeness (QED) is 0.773. The highest BCUT2D eigenvalue weighted by Crippen LogP contribution is 2.29. The van der Waals surface area contributed by atoms with E-state index in [1.807, 2.05) is 18.7 Å². The summed E-state index contributed by atoms with van der Waals surface area (Å²) in [6.07, 6.45) is 1.21. The second-order valence-corrected chi connectivity index (χ2v) is 7.50. The predicted octanol–water partition coefficient (Wildman–Crippen LogP) is 0.320. The lowest BCUT2D eigenvalue weighted by atomic mass is 9.86. The van der Waals surface area contributed by atoms with Crippen LogP contribution < -0.4 is 0 Å². The van der Waals surface area contributed by atoms with Crippen LogP contribution >= 0.6 is 0 Å². The van der Waals surface area contributed by atoms with Crippen molar-refractivity contribution in [3.05, 3.63) is 0 Å². The Labute approximate surface area is 103 Å². The summed E-state index contributed by atoms with van der Waals surface area (Å²) < 4.78 is 22.2. The van der Waals surface area contributed by atoms with Gasteiger partial charge in [0.25, 0.3) is 0 Å². The first-order valence-electron chi connectivity index (χ1n) is 5.83. The van der Waals surface area contributed by atoms with E-state index in [1.54, 1.807) is 0 Å². The standard InChI is InChI=1S/C11H21NO4S/c1-8(2)9-6-12(4-5-17(3,15)16)7-10(9)11(13)14/h8-10H,4-7H2,1-3H3,(H,13,14)/t9-,10+/m0/s1. The molecule has 0 radical (unpaired) electrons. The maximum absolute atomic E-state index is 11.1. The Kier molecular flexibility index (Phi) is 4.55. The fraction of sp³-hybridized carbons (Fsp3) is 0.909. The number of rotatable bonds is 5. The smallest absolute Gasteiger partial charge is 0.308 e. The summed E-state index contributed by atoms with van der Waals surface area (Å²) in [7, 11) is -2.98. The molecule has 0 aliphatic carbocycles. The zero-order chi connectivity index (χ0) is 13.2. The Balaban J connectivity index is 2.60. The molecular weight excluding hydrogens is 242 g/mol. The maximum atomic E-state index is 11.1. The van der Waals surface area contributed by atoms with Gasteiger partial charge in [-0.2, -0.15) is 0 Å². The van der Waals surface area contributed by atoms with Crippen molar-refractivity contribution in [3.8, 4) is 0 Å². The minimum Gasteiger partial charge on any atom is -0.481 e. The molecule has 0 aromatic heterocycles.